The van der Waals surface area contributed by atoms with Crippen molar-refractivity contribution >= 4 is 11.6 Å². The molecule has 3 N–H and O–H groups in total. The number of hydrogen-bond donors (Lipinski definition) is 2. The Kier molecular flexibility index (Phi) is 6.48. The Balaban J connectivity index is 2.38. The van der Waals surface area contributed by atoms with Crippen molar-refractivity contribution in [1.29, 1.82) is 0 Å². The van der Waals surface area contributed by atoms with Crippen LogP contribution in [-0.4, -0.2) is 24.7 Å². The highest BCUT2D eigenvalue weighted by Crippen LogP contribution is 2.20. The monoisotopic (exact) mass is 304 g/mol. The van der Waals surface area contributed by atoms with Crippen LogP contribution in [0.25, 0.3) is 0 Å². The Morgan fingerprint density at radius 2 is 1.95 bits per heavy atom. The molecule has 0 saturated carbocycles. The van der Waals surface area contributed by atoms with E-state index in [1.165, 1.54) is 24.3 Å². The van der Waals surface area contributed by atoms with Gasteiger partial charge in [0.05, 0.1) is 0 Å². The molecule has 0 heterocycles. The lowest BCUT2D eigenvalue weighted by Gasteiger charge is -2.10. The van der Waals surface area contributed by atoms with Crippen molar-refractivity contribution in [2.24, 2.45) is 5.73 Å². The minimum absolute atomic E-state index is 0.0582. The first-order valence-corrected chi connectivity index (χ1v) is 6.61. The fourth-order valence-corrected chi connectivity index (χ4v) is 1.61. The Bertz CT molecular complexity index is 445. The van der Waals surface area contributed by atoms with Gasteiger partial charge in [0.25, 0.3) is 0 Å². The summed E-state index contributed by atoms with van der Waals surface area (Å²) in [5, 5.41) is 2.66. The summed E-state index contributed by atoms with van der Waals surface area (Å²) in [5.74, 6) is -0.0538. The summed E-state index contributed by atoms with van der Waals surface area (Å²) in [7, 11) is 0. The number of carbonyl (C=O) groups excluding carboxylic acids is 1. The van der Waals surface area contributed by atoms with E-state index >= 15 is 0 Å². The van der Waals surface area contributed by atoms with Gasteiger partial charge in [-0.3, -0.25) is 4.79 Å². The normalized spacial score (nSPS) is 12.8. The van der Waals surface area contributed by atoms with Crippen molar-refractivity contribution in [3.05, 3.63) is 24.3 Å². The molecule has 1 atom stereocenters. The lowest BCUT2D eigenvalue weighted by Crippen LogP contribution is -2.19. The molecule has 21 heavy (non-hydrogen) atoms. The van der Waals surface area contributed by atoms with E-state index in [-0.39, 0.29) is 17.7 Å². The molecule has 0 aliphatic carbocycles. The number of hydrogen-bond acceptors (Lipinski definition) is 3. The number of nitrogens with one attached hydrogen (secondary N) is 1. The van der Waals surface area contributed by atoms with Gasteiger partial charge in [0.2, 0.25) is 5.91 Å². The Hall–Kier alpha value is -1.76. The van der Waals surface area contributed by atoms with E-state index < -0.39 is 12.8 Å². The first-order valence-electron chi connectivity index (χ1n) is 6.61. The zero-order valence-electron chi connectivity index (χ0n) is 11.7. The van der Waals surface area contributed by atoms with Crippen LogP contribution in [-0.2, 0) is 4.79 Å². The molecule has 1 rings (SSSR count). The number of amides is 1. The maximum atomic E-state index is 12.0. The van der Waals surface area contributed by atoms with Gasteiger partial charge < -0.3 is 15.8 Å². The number of rotatable bonds is 7. The zero-order valence-corrected chi connectivity index (χ0v) is 11.7. The van der Waals surface area contributed by atoms with Gasteiger partial charge in [0, 0.05) is 18.2 Å². The molecule has 0 radical (unpaired) electrons. The number of carbonyl (C=O) groups is 1. The fraction of sp³-hybridized carbons (Fsp3) is 0.500. The van der Waals surface area contributed by atoms with Gasteiger partial charge in [-0.15, -0.1) is 0 Å². The molecule has 0 bridgehead atoms. The summed E-state index contributed by atoms with van der Waals surface area (Å²) in [6.45, 7) is 0.535. The summed E-state index contributed by atoms with van der Waals surface area (Å²) in [6.07, 6.45) is -2.56. The molecular weight excluding hydrogens is 285 g/mol. The standard InChI is InChI=1S/C14H19F3N2O2/c1-10(18)3-2-4-13(20)19-11-5-7-12(8-6-11)21-9-14(15,16)17/h5-8,10H,2-4,9,18H2,1H3,(H,19,20). The van der Waals surface area contributed by atoms with Crippen LogP contribution in [0.5, 0.6) is 5.75 Å². The van der Waals surface area contributed by atoms with Crippen LogP contribution in [0.3, 0.4) is 0 Å². The second-order valence-electron chi connectivity index (χ2n) is 4.85. The number of ether oxygens (including phenoxy) is 1. The maximum Gasteiger partial charge on any atom is 0.422 e. The first kappa shape index (κ1) is 17.3. The Labute approximate surface area is 121 Å². The van der Waals surface area contributed by atoms with E-state index in [0.717, 1.165) is 6.42 Å². The van der Waals surface area contributed by atoms with Crippen LogP contribution in [0, 0.1) is 0 Å². The quantitative estimate of drug-likeness (QED) is 0.813. The minimum atomic E-state index is -4.37. The van der Waals surface area contributed by atoms with Gasteiger partial charge in [-0.05, 0) is 44.0 Å². The molecule has 1 aromatic carbocycles. The molecule has 0 aliphatic rings. The van der Waals surface area contributed by atoms with Crippen molar-refractivity contribution in [2.75, 3.05) is 11.9 Å². The summed E-state index contributed by atoms with van der Waals surface area (Å²) >= 11 is 0. The van der Waals surface area contributed by atoms with Gasteiger partial charge in [0.15, 0.2) is 6.61 Å². The summed E-state index contributed by atoms with van der Waals surface area (Å²) in [6, 6.07) is 5.81. The summed E-state index contributed by atoms with van der Waals surface area (Å²) in [4.78, 5) is 11.6. The highest BCUT2D eigenvalue weighted by molar-refractivity contribution is 5.90. The maximum absolute atomic E-state index is 12.0. The van der Waals surface area contributed by atoms with E-state index in [4.69, 9.17) is 5.73 Å². The zero-order chi connectivity index (χ0) is 15.9. The van der Waals surface area contributed by atoms with Crippen LogP contribution >= 0.6 is 0 Å². The Morgan fingerprint density at radius 1 is 1.33 bits per heavy atom. The van der Waals surface area contributed by atoms with Crippen molar-refractivity contribution in [3.8, 4) is 5.75 Å². The van der Waals surface area contributed by atoms with Crippen LogP contribution in [0.15, 0.2) is 24.3 Å². The number of alkyl halides is 3. The first-order chi connectivity index (χ1) is 9.76. The number of anilines is 1. The Morgan fingerprint density at radius 3 is 2.48 bits per heavy atom. The SMILES string of the molecule is CC(N)CCCC(=O)Nc1ccc(OCC(F)(F)F)cc1. The molecule has 0 aromatic heterocycles. The van der Waals surface area contributed by atoms with E-state index in [0.29, 0.717) is 18.5 Å². The lowest BCUT2D eigenvalue weighted by molar-refractivity contribution is -0.153. The van der Waals surface area contributed by atoms with E-state index in [9.17, 15) is 18.0 Å². The highest BCUT2D eigenvalue weighted by Gasteiger charge is 2.28. The summed E-state index contributed by atoms with van der Waals surface area (Å²) in [5.41, 5.74) is 6.10. The predicted octanol–water partition coefficient (Wildman–Crippen LogP) is 3.08. The van der Waals surface area contributed by atoms with Crippen LogP contribution in [0.1, 0.15) is 26.2 Å². The predicted molar refractivity (Wildman–Crippen MR) is 74.1 cm³/mol. The van der Waals surface area contributed by atoms with Gasteiger partial charge >= 0.3 is 6.18 Å². The third-order valence-corrected chi connectivity index (χ3v) is 2.60. The van der Waals surface area contributed by atoms with Crippen LogP contribution < -0.4 is 15.8 Å². The van der Waals surface area contributed by atoms with E-state index in [1.807, 2.05) is 6.92 Å². The molecule has 118 valence electrons. The molecule has 4 nitrogen and oxygen atoms in total. The molecule has 0 spiro atoms. The molecule has 0 aliphatic heterocycles. The average molecular weight is 304 g/mol. The highest BCUT2D eigenvalue weighted by atomic mass is 19.4. The third kappa shape index (κ3) is 8.19. The number of halogens is 3. The minimum Gasteiger partial charge on any atom is -0.484 e. The van der Waals surface area contributed by atoms with Gasteiger partial charge in [-0.1, -0.05) is 0 Å². The number of nitrogens with two attached hydrogens (primary N) is 1. The van der Waals surface area contributed by atoms with Gasteiger partial charge in [-0.2, -0.15) is 13.2 Å². The molecule has 0 fully saturated rings. The fourth-order valence-electron chi connectivity index (χ4n) is 1.61. The van der Waals surface area contributed by atoms with Crippen LogP contribution in [0.2, 0.25) is 0 Å². The number of benzene rings is 1. The largest absolute Gasteiger partial charge is 0.484 e. The van der Waals surface area contributed by atoms with E-state index in [2.05, 4.69) is 10.1 Å². The summed E-state index contributed by atoms with van der Waals surface area (Å²) < 4.78 is 40.5. The van der Waals surface area contributed by atoms with Crippen molar-refractivity contribution in [3.63, 3.8) is 0 Å². The van der Waals surface area contributed by atoms with Gasteiger partial charge in [0.1, 0.15) is 5.75 Å². The molecule has 1 unspecified atom stereocenters. The molecule has 7 heteroatoms. The topological polar surface area (TPSA) is 64.4 Å². The third-order valence-electron chi connectivity index (χ3n) is 2.60. The molecule has 1 aromatic rings. The van der Waals surface area contributed by atoms with Crippen molar-refractivity contribution < 1.29 is 22.7 Å². The van der Waals surface area contributed by atoms with Crippen molar-refractivity contribution in [2.45, 2.75) is 38.4 Å². The second-order valence-corrected chi connectivity index (χ2v) is 4.85. The lowest BCUT2D eigenvalue weighted by atomic mass is 10.1. The smallest absolute Gasteiger partial charge is 0.422 e. The second kappa shape index (κ2) is 7.87. The molecular formula is C14H19F3N2O2. The van der Waals surface area contributed by atoms with E-state index in [1.54, 1.807) is 0 Å². The van der Waals surface area contributed by atoms with Crippen molar-refractivity contribution in [1.82, 2.24) is 0 Å². The van der Waals surface area contributed by atoms with Gasteiger partial charge in [-0.25, -0.2) is 0 Å². The van der Waals surface area contributed by atoms with Crippen LogP contribution in [0.4, 0.5) is 18.9 Å². The average Bonchev–Trinajstić information content (AvgIpc) is 2.36. The molecule has 0 saturated heterocycles. The molecule has 1 amide bonds.